The summed E-state index contributed by atoms with van der Waals surface area (Å²) in [4.78, 5) is 4.21. The van der Waals surface area contributed by atoms with E-state index in [1.54, 1.807) is 24.4 Å². The van der Waals surface area contributed by atoms with Crippen molar-refractivity contribution in [2.24, 2.45) is 0 Å². The summed E-state index contributed by atoms with van der Waals surface area (Å²) in [7, 11) is 0. The largest absolute Gasteiger partial charge is 0.492 e. The minimum absolute atomic E-state index is 0.533. The van der Waals surface area contributed by atoms with Crippen LogP contribution in [-0.2, 0) is 6.42 Å². The highest BCUT2D eigenvalue weighted by Gasteiger charge is 2.02. The highest BCUT2D eigenvalue weighted by Crippen LogP contribution is 2.26. The SMILES string of the molecule is Nc1ccc(OCCc2ccccn2)c(Cl)c1. The number of hydrogen-bond acceptors (Lipinski definition) is 3. The number of ether oxygens (including phenoxy) is 1. The van der Waals surface area contributed by atoms with Gasteiger partial charge in [-0.1, -0.05) is 17.7 Å². The molecule has 0 atom stereocenters. The topological polar surface area (TPSA) is 48.1 Å². The monoisotopic (exact) mass is 248 g/mol. The van der Waals surface area contributed by atoms with E-state index >= 15 is 0 Å². The number of aromatic nitrogens is 1. The van der Waals surface area contributed by atoms with Crippen LogP contribution in [0.1, 0.15) is 5.69 Å². The van der Waals surface area contributed by atoms with Crippen LogP contribution >= 0.6 is 11.6 Å². The van der Waals surface area contributed by atoms with Crippen LogP contribution < -0.4 is 10.5 Å². The van der Waals surface area contributed by atoms with Gasteiger partial charge in [0.05, 0.1) is 11.6 Å². The number of nitrogens with zero attached hydrogens (tertiary/aromatic N) is 1. The third-order valence-corrected chi connectivity index (χ3v) is 2.59. The molecule has 1 aromatic carbocycles. The van der Waals surface area contributed by atoms with Crippen molar-refractivity contribution in [1.82, 2.24) is 4.98 Å². The fraction of sp³-hybridized carbons (Fsp3) is 0.154. The predicted octanol–water partition coefficient (Wildman–Crippen LogP) is 2.94. The molecule has 1 heterocycles. The Labute approximate surface area is 105 Å². The second-order valence-electron chi connectivity index (χ2n) is 3.61. The van der Waals surface area contributed by atoms with Gasteiger partial charge in [-0.2, -0.15) is 0 Å². The molecule has 0 unspecified atom stereocenters. The standard InChI is InChI=1S/C13H13ClN2O/c14-12-9-10(15)4-5-13(12)17-8-6-11-3-1-2-7-16-11/h1-5,7,9H,6,8,15H2. The van der Waals surface area contributed by atoms with E-state index in [0.717, 1.165) is 12.1 Å². The van der Waals surface area contributed by atoms with Crippen LogP contribution in [0.3, 0.4) is 0 Å². The molecular weight excluding hydrogens is 236 g/mol. The van der Waals surface area contributed by atoms with E-state index in [1.165, 1.54) is 0 Å². The van der Waals surface area contributed by atoms with Crippen molar-refractivity contribution in [3.8, 4) is 5.75 Å². The second kappa shape index (κ2) is 5.55. The Morgan fingerprint density at radius 1 is 1.24 bits per heavy atom. The lowest BCUT2D eigenvalue weighted by molar-refractivity contribution is 0.321. The quantitative estimate of drug-likeness (QED) is 0.847. The minimum Gasteiger partial charge on any atom is -0.492 e. The number of nitrogen functional groups attached to an aromatic ring is 1. The van der Waals surface area contributed by atoms with Gasteiger partial charge in [0.25, 0.3) is 0 Å². The lowest BCUT2D eigenvalue weighted by Crippen LogP contribution is -2.03. The van der Waals surface area contributed by atoms with Crippen LogP contribution in [0, 0.1) is 0 Å². The van der Waals surface area contributed by atoms with Crippen molar-refractivity contribution in [1.29, 1.82) is 0 Å². The molecule has 0 aliphatic carbocycles. The Balaban J connectivity index is 1.90. The van der Waals surface area contributed by atoms with Crippen molar-refractivity contribution >= 4 is 17.3 Å². The molecule has 0 saturated heterocycles. The number of anilines is 1. The Kier molecular flexibility index (Phi) is 3.83. The van der Waals surface area contributed by atoms with Crippen LogP contribution in [0.5, 0.6) is 5.75 Å². The Bertz CT molecular complexity index is 488. The molecule has 0 aliphatic rings. The number of benzene rings is 1. The number of rotatable bonds is 4. The molecule has 0 aliphatic heterocycles. The van der Waals surface area contributed by atoms with Gasteiger partial charge in [0.2, 0.25) is 0 Å². The van der Waals surface area contributed by atoms with Crippen LogP contribution in [0.25, 0.3) is 0 Å². The first-order valence-corrected chi connectivity index (χ1v) is 5.71. The molecule has 2 aromatic rings. The van der Waals surface area contributed by atoms with Gasteiger partial charge in [0.15, 0.2) is 0 Å². The zero-order chi connectivity index (χ0) is 12.1. The lowest BCUT2D eigenvalue weighted by Gasteiger charge is -2.08. The molecule has 0 spiro atoms. The first-order valence-electron chi connectivity index (χ1n) is 5.33. The van der Waals surface area contributed by atoms with E-state index in [4.69, 9.17) is 22.1 Å². The van der Waals surface area contributed by atoms with Crippen LogP contribution in [-0.4, -0.2) is 11.6 Å². The van der Waals surface area contributed by atoms with Gasteiger partial charge in [0, 0.05) is 24.0 Å². The molecule has 17 heavy (non-hydrogen) atoms. The normalized spacial score (nSPS) is 10.2. The summed E-state index contributed by atoms with van der Waals surface area (Å²) < 4.78 is 5.57. The summed E-state index contributed by atoms with van der Waals surface area (Å²) in [6.45, 7) is 0.542. The molecule has 88 valence electrons. The van der Waals surface area contributed by atoms with Gasteiger partial charge < -0.3 is 10.5 Å². The zero-order valence-corrected chi connectivity index (χ0v) is 10.0. The highest BCUT2D eigenvalue weighted by molar-refractivity contribution is 6.32. The fourth-order valence-corrected chi connectivity index (χ4v) is 1.69. The molecule has 4 heteroatoms. The number of hydrogen-bond donors (Lipinski definition) is 1. The number of halogens is 1. The first kappa shape index (κ1) is 11.7. The summed E-state index contributed by atoms with van der Waals surface area (Å²) in [5, 5.41) is 0.533. The highest BCUT2D eigenvalue weighted by atomic mass is 35.5. The predicted molar refractivity (Wildman–Crippen MR) is 69.3 cm³/mol. The third kappa shape index (κ3) is 3.36. The lowest BCUT2D eigenvalue weighted by atomic mass is 10.3. The van der Waals surface area contributed by atoms with E-state index in [2.05, 4.69) is 4.98 Å². The first-order chi connectivity index (χ1) is 8.25. The molecule has 3 nitrogen and oxygen atoms in total. The second-order valence-corrected chi connectivity index (χ2v) is 4.02. The van der Waals surface area contributed by atoms with Crippen molar-refractivity contribution < 1.29 is 4.74 Å². The van der Waals surface area contributed by atoms with Crippen LogP contribution in [0.4, 0.5) is 5.69 Å². The summed E-state index contributed by atoms with van der Waals surface area (Å²) in [6, 6.07) is 11.0. The van der Waals surface area contributed by atoms with E-state index in [9.17, 15) is 0 Å². The Morgan fingerprint density at radius 3 is 2.82 bits per heavy atom. The Morgan fingerprint density at radius 2 is 2.12 bits per heavy atom. The van der Waals surface area contributed by atoms with Crippen molar-refractivity contribution in [3.63, 3.8) is 0 Å². The maximum Gasteiger partial charge on any atom is 0.138 e. The average Bonchev–Trinajstić information content (AvgIpc) is 2.33. The van der Waals surface area contributed by atoms with Gasteiger partial charge in [-0.15, -0.1) is 0 Å². The molecular formula is C13H13ClN2O. The van der Waals surface area contributed by atoms with E-state index in [1.807, 2.05) is 18.2 Å². The van der Waals surface area contributed by atoms with Gasteiger partial charge in [0.1, 0.15) is 5.75 Å². The molecule has 0 radical (unpaired) electrons. The van der Waals surface area contributed by atoms with E-state index < -0.39 is 0 Å². The third-order valence-electron chi connectivity index (χ3n) is 2.30. The Hall–Kier alpha value is -1.74. The molecule has 2 rings (SSSR count). The summed E-state index contributed by atoms with van der Waals surface area (Å²) in [6.07, 6.45) is 2.52. The van der Waals surface area contributed by atoms with Gasteiger partial charge in [-0.25, -0.2) is 0 Å². The summed E-state index contributed by atoms with van der Waals surface area (Å²) >= 11 is 5.99. The summed E-state index contributed by atoms with van der Waals surface area (Å²) in [5.41, 5.74) is 7.23. The van der Waals surface area contributed by atoms with E-state index in [0.29, 0.717) is 23.1 Å². The van der Waals surface area contributed by atoms with Crippen LogP contribution in [0.2, 0.25) is 5.02 Å². The number of nitrogens with two attached hydrogens (primary N) is 1. The van der Waals surface area contributed by atoms with Crippen molar-refractivity contribution in [3.05, 3.63) is 53.3 Å². The molecule has 1 aromatic heterocycles. The van der Waals surface area contributed by atoms with Crippen LogP contribution in [0.15, 0.2) is 42.6 Å². The van der Waals surface area contributed by atoms with Crippen molar-refractivity contribution in [2.75, 3.05) is 12.3 Å². The van der Waals surface area contributed by atoms with E-state index in [-0.39, 0.29) is 0 Å². The maximum absolute atomic E-state index is 5.99. The average molecular weight is 249 g/mol. The molecule has 0 fully saturated rings. The molecule has 2 N–H and O–H groups in total. The minimum atomic E-state index is 0.533. The van der Waals surface area contributed by atoms with Gasteiger partial charge in [-0.05, 0) is 30.3 Å². The maximum atomic E-state index is 5.99. The molecule has 0 bridgehead atoms. The summed E-state index contributed by atoms with van der Waals surface area (Å²) in [5.74, 6) is 0.650. The molecule has 0 amide bonds. The van der Waals surface area contributed by atoms with Gasteiger partial charge >= 0.3 is 0 Å². The fourth-order valence-electron chi connectivity index (χ4n) is 1.45. The van der Waals surface area contributed by atoms with Crippen molar-refractivity contribution in [2.45, 2.75) is 6.42 Å². The number of pyridine rings is 1. The van der Waals surface area contributed by atoms with Gasteiger partial charge in [-0.3, -0.25) is 4.98 Å². The smallest absolute Gasteiger partial charge is 0.138 e. The zero-order valence-electron chi connectivity index (χ0n) is 9.27. The molecule has 0 saturated carbocycles.